The van der Waals surface area contributed by atoms with Crippen molar-refractivity contribution in [1.82, 2.24) is 19.9 Å². The first kappa shape index (κ1) is 21.7. The van der Waals surface area contributed by atoms with Crippen LogP contribution < -0.4 is 15.0 Å². The van der Waals surface area contributed by atoms with Crippen LogP contribution in [0.4, 0.5) is 19.0 Å². The van der Waals surface area contributed by atoms with Gasteiger partial charge in [-0.15, -0.1) is 24.9 Å². The lowest BCUT2D eigenvalue weighted by atomic mass is 10.3. The molecular weight excluding hydrogens is 455 g/mol. The monoisotopic (exact) mass is 473 g/mol. The highest BCUT2D eigenvalue weighted by atomic mass is 32.2. The summed E-state index contributed by atoms with van der Waals surface area (Å²) in [6, 6.07) is 5.85. The molecule has 0 bridgehead atoms. The van der Waals surface area contributed by atoms with Crippen LogP contribution in [0.5, 0.6) is 5.75 Å². The molecule has 166 valence electrons. The van der Waals surface area contributed by atoms with E-state index in [1.807, 2.05) is 0 Å². The Bertz CT molecular complexity index is 1190. The smallest absolute Gasteiger partial charge is 0.406 e. The number of nitrogens with one attached hydrogen (secondary N) is 1. The molecule has 1 saturated heterocycles. The lowest BCUT2D eigenvalue weighted by molar-refractivity contribution is -0.274. The van der Waals surface area contributed by atoms with Crippen LogP contribution in [-0.2, 0) is 9.84 Å². The molecule has 8 nitrogen and oxygen atoms in total. The van der Waals surface area contributed by atoms with Crippen molar-refractivity contribution in [1.29, 1.82) is 0 Å². The first-order chi connectivity index (χ1) is 14.7. The van der Waals surface area contributed by atoms with Crippen LogP contribution in [0, 0.1) is 0 Å². The highest BCUT2D eigenvalue weighted by molar-refractivity contribution is 7.99. The first-order valence-corrected chi connectivity index (χ1v) is 11.9. The number of thioether (sulfide) groups is 1. The van der Waals surface area contributed by atoms with Crippen molar-refractivity contribution >= 4 is 33.1 Å². The second-order valence-corrected chi connectivity index (χ2v) is 9.32. The van der Waals surface area contributed by atoms with Gasteiger partial charge in [0.25, 0.3) is 0 Å². The third-order valence-electron chi connectivity index (χ3n) is 4.70. The molecule has 0 radical (unpaired) electrons. The van der Waals surface area contributed by atoms with Crippen molar-refractivity contribution in [3.8, 4) is 5.75 Å². The van der Waals surface area contributed by atoms with Gasteiger partial charge in [0, 0.05) is 32.4 Å². The molecule has 0 unspecified atom stereocenters. The fraction of sp³-hybridized carbons (Fsp3) is 0.333. The van der Waals surface area contributed by atoms with Crippen molar-refractivity contribution in [2.24, 2.45) is 0 Å². The number of hydrogen-bond donors (Lipinski definition) is 1. The Morgan fingerprint density at radius 2 is 1.81 bits per heavy atom. The van der Waals surface area contributed by atoms with E-state index in [1.54, 1.807) is 12.3 Å². The lowest BCUT2D eigenvalue weighted by Gasteiger charge is -2.29. The molecule has 31 heavy (non-hydrogen) atoms. The molecule has 0 aliphatic carbocycles. The summed E-state index contributed by atoms with van der Waals surface area (Å²) in [5.41, 5.74) is 0.163. The second kappa shape index (κ2) is 8.20. The molecule has 0 atom stereocenters. The molecule has 4 rings (SSSR count). The van der Waals surface area contributed by atoms with Gasteiger partial charge in [-0.05, 0) is 36.6 Å². The van der Waals surface area contributed by atoms with Crippen LogP contribution in [0.1, 0.15) is 0 Å². The Labute approximate surface area is 180 Å². The van der Waals surface area contributed by atoms with Crippen LogP contribution in [-0.4, -0.2) is 61.8 Å². The highest BCUT2D eigenvalue weighted by Crippen LogP contribution is 2.34. The van der Waals surface area contributed by atoms with Gasteiger partial charge in [-0.25, -0.2) is 13.4 Å². The summed E-state index contributed by atoms with van der Waals surface area (Å²) in [5, 5.41) is 7.98. The maximum absolute atomic E-state index is 13.4. The van der Waals surface area contributed by atoms with Crippen molar-refractivity contribution in [2.75, 3.05) is 37.3 Å². The van der Waals surface area contributed by atoms with Crippen LogP contribution in [0.25, 0.3) is 5.65 Å². The minimum Gasteiger partial charge on any atom is -0.406 e. The number of hydrogen-bond acceptors (Lipinski definition) is 8. The molecule has 3 heterocycles. The summed E-state index contributed by atoms with van der Waals surface area (Å²) in [6.45, 7) is 3.04. The molecule has 13 heteroatoms. The van der Waals surface area contributed by atoms with Gasteiger partial charge in [-0.3, -0.25) is 0 Å². The molecule has 1 aliphatic heterocycles. The second-order valence-electron chi connectivity index (χ2n) is 6.64. The molecule has 3 aromatic rings. The third kappa shape index (κ3) is 4.29. The van der Waals surface area contributed by atoms with Crippen molar-refractivity contribution in [3.05, 3.63) is 36.5 Å². The van der Waals surface area contributed by atoms with Gasteiger partial charge >= 0.3 is 6.36 Å². The average Bonchev–Trinajstić information content (AvgIpc) is 3.13. The van der Waals surface area contributed by atoms with Gasteiger partial charge in [0.15, 0.2) is 10.5 Å². The number of benzene rings is 1. The van der Waals surface area contributed by atoms with E-state index in [9.17, 15) is 21.6 Å². The van der Waals surface area contributed by atoms with E-state index < -0.39 is 21.9 Å². The third-order valence-corrected chi connectivity index (χ3v) is 7.30. The van der Waals surface area contributed by atoms with E-state index in [-0.39, 0.29) is 20.5 Å². The maximum Gasteiger partial charge on any atom is 0.573 e. The fourth-order valence-electron chi connectivity index (χ4n) is 3.33. The number of rotatable bonds is 5. The van der Waals surface area contributed by atoms with Crippen molar-refractivity contribution < 1.29 is 26.3 Å². The van der Waals surface area contributed by atoms with Gasteiger partial charge in [0.05, 0.1) is 4.90 Å². The Morgan fingerprint density at radius 3 is 2.42 bits per heavy atom. The quantitative estimate of drug-likeness (QED) is 0.566. The normalized spacial score (nSPS) is 15.4. The first-order valence-electron chi connectivity index (χ1n) is 9.19. The number of sulfone groups is 1. The largest absolute Gasteiger partial charge is 0.573 e. The number of nitrogens with zero attached hydrogens (tertiary/aromatic N) is 4. The Morgan fingerprint density at radius 1 is 1.13 bits per heavy atom. The zero-order chi connectivity index (χ0) is 22.2. The average molecular weight is 474 g/mol. The Hall–Kier alpha value is -2.51. The van der Waals surface area contributed by atoms with Crippen molar-refractivity contribution in [3.63, 3.8) is 0 Å². The molecule has 1 N–H and O–H groups in total. The number of alkyl halides is 3. The number of piperazine rings is 1. The molecule has 0 spiro atoms. The highest BCUT2D eigenvalue weighted by Gasteiger charge is 2.32. The summed E-state index contributed by atoms with van der Waals surface area (Å²) in [6.07, 6.45) is -1.64. The van der Waals surface area contributed by atoms with E-state index in [1.165, 1.54) is 10.7 Å². The number of halogens is 3. The van der Waals surface area contributed by atoms with Gasteiger partial charge in [0.1, 0.15) is 16.6 Å². The van der Waals surface area contributed by atoms with Crippen LogP contribution in [0.15, 0.2) is 51.3 Å². The molecule has 1 fully saturated rings. The van der Waals surface area contributed by atoms with E-state index in [2.05, 4.69) is 25.0 Å². The summed E-state index contributed by atoms with van der Waals surface area (Å²) in [5.74, 6) is 0.215. The van der Waals surface area contributed by atoms with E-state index in [0.717, 1.165) is 68.0 Å². The number of fused-ring (bicyclic) bond motifs is 1. The summed E-state index contributed by atoms with van der Waals surface area (Å²) in [7, 11) is -4.11. The summed E-state index contributed by atoms with van der Waals surface area (Å²) in [4.78, 5) is 6.08. The molecule has 1 aliphatic rings. The van der Waals surface area contributed by atoms with Gasteiger partial charge in [-0.1, -0.05) is 0 Å². The molecule has 2 aromatic heterocycles. The minimum atomic E-state index is -4.86. The van der Waals surface area contributed by atoms with Gasteiger partial charge in [-0.2, -0.15) is 9.61 Å². The van der Waals surface area contributed by atoms with Crippen LogP contribution in [0.3, 0.4) is 0 Å². The minimum absolute atomic E-state index is 0.0820. The molecular formula is C18H18F3N5O3S2. The Balaban J connectivity index is 1.79. The van der Waals surface area contributed by atoms with E-state index in [0.29, 0.717) is 0 Å². The topological polar surface area (TPSA) is 88.8 Å². The zero-order valence-electron chi connectivity index (χ0n) is 16.3. The number of ether oxygens (including phenoxy) is 1. The maximum atomic E-state index is 13.4. The summed E-state index contributed by atoms with van der Waals surface area (Å²) >= 11 is 1.15. The van der Waals surface area contributed by atoms with Gasteiger partial charge < -0.3 is 15.0 Å². The SMILES string of the molecule is CSc1nn2c(N3CCNCC3)ccnc2c1S(=O)(=O)c1ccc(OC(F)(F)F)cc1. The Kier molecular flexibility index (Phi) is 5.75. The number of aromatic nitrogens is 3. The van der Waals surface area contributed by atoms with Crippen molar-refractivity contribution in [2.45, 2.75) is 21.2 Å². The van der Waals surface area contributed by atoms with Crippen LogP contribution in [0.2, 0.25) is 0 Å². The van der Waals surface area contributed by atoms with E-state index in [4.69, 9.17) is 0 Å². The molecule has 0 saturated carbocycles. The van der Waals surface area contributed by atoms with Crippen LogP contribution >= 0.6 is 11.8 Å². The fourth-order valence-corrected chi connectivity index (χ4v) is 5.73. The predicted octanol–water partition coefficient (Wildman–Crippen LogP) is 2.59. The molecule has 0 amide bonds. The predicted molar refractivity (Wildman–Crippen MR) is 108 cm³/mol. The van der Waals surface area contributed by atoms with Gasteiger partial charge in [0.2, 0.25) is 9.84 Å². The summed E-state index contributed by atoms with van der Waals surface area (Å²) < 4.78 is 69.3. The standard InChI is InChI=1S/C18H18F3N5O3S2/c1-30-17-15(31(27,28)13-4-2-12(3-5-13)29-18(19,20)21)16-23-7-6-14(26(16)24-17)25-10-8-22-9-11-25/h2-7,22H,8-11H2,1H3. The number of anilines is 1. The molecule has 1 aromatic carbocycles. The zero-order valence-corrected chi connectivity index (χ0v) is 17.9. The van der Waals surface area contributed by atoms with E-state index >= 15 is 0 Å². The lowest BCUT2D eigenvalue weighted by Crippen LogP contribution is -2.44.